The Labute approximate surface area is 127 Å². The minimum absolute atomic E-state index is 0. The topological polar surface area (TPSA) is 28.2 Å². The molecule has 1 aliphatic heterocycles. The van der Waals surface area contributed by atoms with Gasteiger partial charge in [-0.3, -0.25) is 4.90 Å². The minimum Gasteiger partial charge on any atom is -0.317 e. The van der Waals surface area contributed by atoms with E-state index in [0.29, 0.717) is 0 Å². The molecule has 0 saturated carbocycles. The van der Waals surface area contributed by atoms with Gasteiger partial charge in [0.2, 0.25) is 0 Å². The number of rotatable bonds is 5. The molecule has 1 atom stereocenters. The van der Waals surface area contributed by atoms with Gasteiger partial charge in [-0.15, -0.1) is 23.7 Å². The van der Waals surface area contributed by atoms with Crippen molar-refractivity contribution >= 4 is 23.7 Å². The van der Waals surface area contributed by atoms with Crippen molar-refractivity contribution < 1.29 is 0 Å². The van der Waals surface area contributed by atoms with Gasteiger partial charge in [0, 0.05) is 11.4 Å². The van der Waals surface area contributed by atoms with Crippen molar-refractivity contribution in [2.45, 2.75) is 51.6 Å². The second kappa shape index (κ2) is 8.90. The van der Waals surface area contributed by atoms with Crippen LogP contribution in [0.1, 0.15) is 43.3 Å². The molecule has 0 amide bonds. The third-order valence-corrected chi connectivity index (χ3v) is 4.54. The third-order valence-electron chi connectivity index (χ3n) is 3.66. The molecular weight excluding hydrogens is 278 g/mol. The van der Waals surface area contributed by atoms with E-state index in [2.05, 4.69) is 29.6 Å². The van der Waals surface area contributed by atoms with Crippen molar-refractivity contribution in [1.82, 2.24) is 15.2 Å². The lowest BCUT2D eigenvalue weighted by Gasteiger charge is -2.25. The van der Waals surface area contributed by atoms with E-state index in [1.807, 2.05) is 11.3 Å². The molecule has 0 bridgehead atoms. The van der Waals surface area contributed by atoms with Gasteiger partial charge in [0.05, 0.1) is 12.2 Å². The molecule has 2 heterocycles. The van der Waals surface area contributed by atoms with E-state index in [0.717, 1.165) is 25.6 Å². The fourth-order valence-corrected chi connectivity index (χ4v) is 3.47. The number of hydrogen-bond donors (Lipinski definition) is 1. The van der Waals surface area contributed by atoms with Crippen LogP contribution in [0.2, 0.25) is 0 Å². The smallest absolute Gasteiger partial charge is 0.107 e. The summed E-state index contributed by atoms with van der Waals surface area (Å²) in [6.45, 7) is 5.57. The zero-order chi connectivity index (χ0) is 12.8. The van der Waals surface area contributed by atoms with Crippen molar-refractivity contribution in [3.05, 3.63) is 16.1 Å². The Morgan fingerprint density at radius 1 is 1.42 bits per heavy atom. The van der Waals surface area contributed by atoms with Gasteiger partial charge in [0.1, 0.15) is 5.01 Å². The van der Waals surface area contributed by atoms with Crippen LogP contribution in [0.4, 0.5) is 0 Å². The van der Waals surface area contributed by atoms with E-state index in [1.165, 1.54) is 42.9 Å². The van der Waals surface area contributed by atoms with Gasteiger partial charge in [-0.1, -0.05) is 13.3 Å². The molecule has 0 radical (unpaired) electrons. The quantitative estimate of drug-likeness (QED) is 0.906. The van der Waals surface area contributed by atoms with Crippen molar-refractivity contribution in [2.24, 2.45) is 0 Å². The summed E-state index contributed by atoms with van der Waals surface area (Å²) in [6, 6.07) is 0.721. The monoisotopic (exact) mass is 303 g/mol. The number of nitrogens with one attached hydrogen (secondary N) is 1. The molecule has 1 aromatic rings. The Balaban J connectivity index is 0.00000180. The van der Waals surface area contributed by atoms with Crippen molar-refractivity contribution in [2.75, 3.05) is 20.1 Å². The summed E-state index contributed by atoms with van der Waals surface area (Å²) in [5.74, 6) is 0. The number of aryl methyl sites for hydroxylation is 1. The normalized spacial score (nSPS) is 20.1. The summed E-state index contributed by atoms with van der Waals surface area (Å²) in [5.41, 5.74) is 1.27. The maximum Gasteiger partial charge on any atom is 0.107 e. The van der Waals surface area contributed by atoms with Crippen LogP contribution in [0.25, 0.3) is 0 Å². The summed E-state index contributed by atoms with van der Waals surface area (Å²) in [5, 5.41) is 6.98. The Kier molecular flexibility index (Phi) is 7.91. The highest BCUT2D eigenvalue weighted by Crippen LogP contribution is 2.18. The van der Waals surface area contributed by atoms with Gasteiger partial charge in [0.25, 0.3) is 0 Å². The molecule has 1 aliphatic rings. The Bertz CT molecular complexity index is 348. The first-order valence-corrected chi connectivity index (χ1v) is 8.01. The van der Waals surface area contributed by atoms with E-state index in [4.69, 9.17) is 4.98 Å². The maximum atomic E-state index is 4.72. The zero-order valence-electron chi connectivity index (χ0n) is 12.0. The number of nitrogens with zero attached hydrogens (tertiary/aromatic N) is 2. The van der Waals surface area contributed by atoms with E-state index < -0.39 is 0 Å². The molecule has 1 fully saturated rings. The molecule has 110 valence electrons. The summed E-state index contributed by atoms with van der Waals surface area (Å²) < 4.78 is 0. The first-order chi connectivity index (χ1) is 8.79. The van der Waals surface area contributed by atoms with Crippen LogP contribution >= 0.6 is 23.7 Å². The van der Waals surface area contributed by atoms with Gasteiger partial charge < -0.3 is 5.32 Å². The van der Waals surface area contributed by atoms with Crippen molar-refractivity contribution in [3.63, 3.8) is 0 Å². The summed E-state index contributed by atoms with van der Waals surface area (Å²) >= 11 is 1.82. The molecule has 1 N–H and O–H groups in total. The fourth-order valence-electron chi connectivity index (χ4n) is 2.58. The van der Waals surface area contributed by atoms with Gasteiger partial charge in [-0.2, -0.15) is 0 Å². The van der Waals surface area contributed by atoms with Crippen LogP contribution in [0.5, 0.6) is 0 Å². The standard InChI is InChI=1S/C14H25N3S.ClH/c1-3-5-12-11-18-14(16-12)10-17(2)13-6-4-8-15-9-7-13;/h11,13,15H,3-10H2,1-2H3;1H. The van der Waals surface area contributed by atoms with E-state index in [9.17, 15) is 0 Å². The van der Waals surface area contributed by atoms with Crippen LogP contribution in [-0.4, -0.2) is 36.1 Å². The van der Waals surface area contributed by atoms with Crippen LogP contribution in [0.3, 0.4) is 0 Å². The Morgan fingerprint density at radius 2 is 2.26 bits per heavy atom. The first-order valence-electron chi connectivity index (χ1n) is 7.14. The molecule has 3 nitrogen and oxygen atoms in total. The molecule has 5 heteroatoms. The predicted octanol–water partition coefficient (Wildman–Crippen LogP) is 3.09. The second-order valence-corrected chi connectivity index (χ2v) is 6.18. The largest absolute Gasteiger partial charge is 0.317 e. The zero-order valence-corrected chi connectivity index (χ0v) is 13.7. The molecular formula is C14H26ClN3S. The van der Waals surface area contributed by atoms with Gasteiger partial charge >= 0.3 is 0 Å². The Morgan fingerprint density at radius 3 is 3.05 bits per heavy atom. The lowest BCUT2D eigenvalue weighted by molar-refractivity contribution is 0.216. The molecule has 1 aromatic heterocycles. The highest BCUT2D eigenvalue weighted by molar-refractivity contribution is 7.09. The van der Waals surface area contributed by atoms with Crippen LogP contribution in [0, 0.1) is 0 Å². The summed E-state index contributed by atoms with van der Waals surface area (Å²) in [4.78, 5) is 7.21. The highest BCUT2D eigenvalue weighted by atomic mass is 35.5. The van der Waals surface area contributed by atoms with Crippen molar-refractivity contribution in [1.29, 1.82) is 0 Å². The lowest BCUT2D eigenvalue weighted by atomic mass is 10.1. The second-order valence-electron chi connectivity index (χ2n) is 5.23. The van der Waals surface area contributed by atoms with Gasteiger partial charge in [0.15, 0.2) is 0 Å². The predicted molar refractivity (Wildman–Crippen MR) is 85.3 cm³/mol. The Hall–Kier alpha value is -0.160. The van der Waals surface area contributed by atoms with E-state index in [-0.39, 0.29) is 12.4 Å². The number of aromatic nitrogens is 1. The van der Waals surface area contributed by atoms with E-state index in [1.54, 1.807) is 0 Å². The molecule has 19 heavy (non-hydrogen) atoms. The minimum atomic E-state index is 0. The summed E-state index contributed by atoms with van der Waals surface area (Å²) in [6.07, 6.45) is 6.19. The number of thiazole rings is 1. The van der Waals surface area contributed by atoms with Gasteiger partial charge in [-0.05, 0) is 45.8 Å². The number of hydrogen-bond acceptors (Lipinski definition) is 4. The van der Waals surface area contributed by atoms with Gasteiger partial charge in [-0.25, -0.2) is 4.98 Å². The first kappa shape index (κ1) is 16.9. The molecule has 1 unspecified atom stereocenters. The molecule has 0 aromatic carbocycles. The molecule has 2 rings (SSSR count). The van der Waals surface area contributed by atoms with E-state index >= 15 is 0 Å². The van der Waals surface area contributed by atoms with Crippen LogP contribution < -0.4 is 5.32 Å². The SMILES string of the molecule is CCCc1csc(CN(C)C2CCCNCC2)n1.Cl. The average molecular weight is 304 g/mol. The maximum absolute atomic E-state index is 4.72. The summed E-state index contributed by atoms with van der Waals surface area (Å²) in [7, 11) is 2.25. The third kappa shape index (κ3) is 5.38. The van der Waals surface area contributed by atoms with Crippen molar-refractivity contribution in [3.8, 4) is 0 Å². The average Bonchev–Trinajstić information content (AvgIpc) is 2.65. The number of halogens is 1. The van der Waals surface area contributed by atoms with Crippen LogP contribution in [0.15, 0.2) is 5.38 Å². The molecule has 1 saturated heterocycles. The molecule has 0 aliphatic carbocycles. The fraction of sp³-hybridized carbons (Fsp3) is 0.786. The lowest BCUT2D eigenvalue weighted by Crippen LogP contribution is -2.31. The molecule has 0 spiro atoms. The van der Waals surface area contributed by atoms with Crippen LogP contribution in [-0.2, 0) is 13.0 Å². The highest BCUT2D eigenvalue weighted by Gasteiger charge is 2.17.